The summed E-state index contributed by atoms with van der Waals surface area (Å²) >= 11 is 1.33. The van der Waals surface area contributed by atoms with Gasteiger partial charge in [-0.25, -0.2) is 0 Å². The number of thioether (sulfide) groups is 1. The van der Waals surface area contributed by atoms with Crippen molar-refractivity contribution in [3.8, 4) is 0 Å². The Morgan fingerprint density at radius 1 is 0.966 bits per heavy atom. The van der Waals surface area contributed by atoms with Crippen molar-refractivity contribution in [1.82, 2.24) is 0 Å². The molecule has 3 aromatic rings. The summed E-state index contributed by atoms with van der Waals surface area (Å²) < 4.78 is 0. The van der Waals surface area contributed by atoms with Gasteiger partial charge in [-0.15, -0.1) is 11.8 Å². The zero-order valence-electron chi connectivity index (χ0n) is 16.6. The SMILES string of the molecule is Cc1ccc(NC(=O)CSC(C)C(=O)Nc2ccc3c4c(cccc24)CC3)cc1. The molecule has 29 heavy (non-hydrogen) atoms. The number of aryl methyl sites for hydroxylation is 3. The van der Waals surface area contributed by atoms with E-state index in [4.69, 9.17) is 0 Å². The molecule has 0 bridgehead atoms. The second-order valence-corrected chi connectivity index (χ2v) is 8.80. The Balaban J connectivity index is 1.36. The molecular formula is C24H24N2O2S. The fraction of sp³-hybridized carbons (Fsp3) is 0.250. The van der Waals surface area contributed by atoms with Crippen molar-refractivity contribution >= 4 is 45.7 Å². The molecule has 1 unspecified atom stereocenters. The van der Waals surface area contributed by atoms with Crippen LogP contribution in [0.25, 0.3) is 10.8 Å². The fourth-order valence-electron chi connectivity index (χ4n) is 3.70. The number of amides is 2. The molecule has 0 fully saturated rings. The van der Waals surface area contributed by atoms with Gasteiger partial charge in [0.1, 0.15) is 0 Å². The fourth-order valence-corrected chi connectivity index (χ4v) is 4.38. The molecule has 1 aliphatic rings. The Kier molecular flexibility index (Phi) is 5.58. The Morgan fingerprint density at radius 2 is 1.69 bits per heavy atom. The average Bonchev–Trinajstić information content (AvgIpc) is 3.14. The van der Waals surface area contributed by atoms with Gasteiger partial charge >= 0.3 is 0 Å². The lowest BCUT2D eigenvalue weighted by Crippen LogP contribution is -2.25. The van der Waals surface area contributed by atoms with E-state index in [0.717, 1.165) is 35.2 Å². The minimum Gasteiger partial charge on any atom is -0.325 e. The average molecular weight is 405 g/mol. The van der Waals surface area contributed by atoms with Crippen LogP contribution in [0, 0.1) is 6.92 Å². The van der Waals surface area contributed by atoms with Gasteiger partial charge in [0.2, 0.25) is 11.8 Å². The molecule has 148 valence electrons. The maximum absolute atomic E-state index is 12.7. The highest BCUT2D eigenvalue weighted by Gasteiger charge is 2.19. The van der Waals surface area contributed by atoms with Crippen LogP contribution in [0.1, 0.15) is 23.6 Å². The molecule has 5 heteroatoms. The monoisotopic (exact) mass is 404 g/mol. The van der Waals surface area contributed by atoms with Crippen LogP contribution in [0.4, 0.5) is 11.4 Å². The number of anilines is 2. The molecule has 0 spiro atoms. The predicted octanol–water partition coefficient (Wildman–Crippen LogP) is 4.95. The first-order valence-electron chi connectivity index (χ1n) is 9.84. The van der Waals surface area contributed by atoms with Gasteiger partial charge in [0.25, 0.3) is 0 Å². The van der Waals surface area contributed by atoms with Gasteiger partial charge in [-0.3, -0.25) is 9.59 Å². The normalized spacial score (nSPS) is 13.3. The van der Waals surface area contributed by atoms with Crippen molar-refractivity contribution in [1.29, 1.82) is 0 Å². The van der Waals surface area contributed by atoms with E-state index < -0.39 is 0 Å². The molecular weight excluding hydrogens is 380 g/mol. The van der Waals surface area contributed by atoms with E-state index in [0.29, 0.717) is 0 Å². The summed E-state index contributed by atoms with van der Waals surface area (Å²) in [7, 11) is 0. The molecule has 3 aromatic carbocycles. The Morgan fingerprint density at radius 3 is 2.45 bits per heavy atom. The lowest BCUT2D eigenvalue weighted by Gasteiger charge is -2.14. The number of carbonyl (C=O) groups excluding carboxylic acids is 2. The summed E-state index contributed by atoms with van der Waals surface area (Å²) in [5.41, 5.74) is 5.46. The highest BCUT2D eigenvalue weighted by atomic mass is 32.2. The van der Waals surface area contributed by atoms with Gasteiger partial charge in [0.15, 0.2) is 0 Å². The Hall–Kier alpha value is -2.79. The number of hydrogen-bond donors (Lipinski definition) is 2. The molecule has 0 aromatic heterocycles. The van der Waals surface area contributed by atoms with Crippen LogP contribution in [-0.4, -0.2) is 22.8 Å². The molecule has 1 aliphatic carbocycles. The third-order valence-corrected chi connectivity index (χ3v) is 6.45. The van der Waals surface area contributed by atoms with Crippen LogP contribution in [0.2, 0.25) is 0 Å². The van der Waals surface area contributed by atoms with Gasteiger partial charge in [-0.1, -0.05) is 42.0 Å². The molecule has 0 heterocycles. The summed E-state index contributed by atoms with van der Waals surface area (Å²) in [5, 5.41) is 7.97. The summed E-state index contributed by atoms with van der Waals surface area (Å²) in [5.74, 6) is 0.0346. The van der Waals surface area contributed by atoms with E-state index in [9.17, 15) is 9.59 Å². The molecule has 2 amide bonds. The van der Waals surface area contributed by atoms with Gasteiger partial charge in [0.05, 0.1) is 11.0 Å². The standard InChI is InChI=1S/C24H24N2O2S/c1-15-6-11-19(12-7-15)25-22(27)14-29-16(2)24(28)26-21-13-10-18-9-8-17-4-3-5-20(21)23(17)18/h3-7,10-13,16H,8-9,14H2,1-2H3,(H,25,27)(H,26,28). The minimum atomic E-state index is -0.332. The first kappa shape index (κ1) is 19.5. The van der Waals surface area contributed by atoms with Gasteiger partial charge in [-0.2, -0.15) is 0 Å². The largest absolute Gasteiger partial charge is 0.325 e. The molecule has 1 atom stereocenters. The summed E-state index contributed by atoms with van der Waals surface area (Å²) in [4.78, 5) is 24.9. The van der Waals surface area contributed by atoms with E-state index in [1.165, 1.54) is 28.3 Å². The van der Waals surface area contributed by atoms with Crippen molar-refractivity contribution in [3.63, 3.8) is 0 Å². The highest BCUT2D eigenvalue weighted by Crippen LogP contribution is 2.35. The minimum absolute atomic E-state index is 0.0863. The smallest absolute Gasteiger partial charge is 0.237 e. The van der Waals surface area contributed by atoms with Gasteiger partial charge in [0, 0.05) is 16.8 Å². The summed E-state index contributed by atoms with van der Waals surface area (Å²) in [6.45, 7) is 3.84. The highest BCUT2D eigenvalue weighted by molar-refractivity contribution is 8.01. The van der Waals surface area contributed by atoms with Crippen molar-refractivity contribution in [3.05, 3.63) is 71.3 Å². The second-order valence-electron chi connectivity index (χ2n) is 7.47. The third-order valence-electron chi connectivity index (χ3n) is 5.30. The molecule has 0 saturated heterocycles. The topological polar surface area (TPSA) is 58.2 Å². The van der Waals surface area contributed by atoms with Crippen LogP contribution < -0.4 is 10.6 Å². The molecule has 4 rings (SSSR count). The Bertz CT molecular complexity index is 1070. The molecule has 0 aliphatic heterocycles. The quantitative estimate of drug-likeness (QED) is 0.611. The van der Waals surface area contributed by atoms with Crippen LogP contribution >= 0.6 is 11.8 Å². The predicted molar refractivity (Wildman–Crippen MR) is 122 cm³/mol. The molecule has 4 nitrogen and oxygen atoms in total. The van der Waals surface area contributed by atoms with E-state index in [1.807, 2.05) is 44.2 Å². The maximum Gasteiger partial charge on any atom is 0.237 e. The molecule has 0 radical (unpaired) electrons. The number of benzene rings is 3. The van der Waals surface area contributed by atoms with Crippen LogP contribution in [0.15, 0.2) is 54.6 Å². The number of rotatable bonds is 6. The number of hydrogen-bond acceptors (Lipinski definition) is 3. The van der Waals surface area contributed by atoms with E-state index in [-0.39, 0.29) is 22.8 Å². The van der Waals surface area contributed by atoms with E-state index in [2.05, 4.69) is 34.9 Å². The van der Waals surface area contributed by atoms with Crippen LogP contribution in [0.5, 0.6) is 0 Å². The first-order valence-corrected chi connectivity index (χ1v) is 10.9. The molecule has 2 N–H and O–H groups in total. The Labute approximate surface area is 175 Å². The van der Waals surface area contributed by atoms with Gasteiger partial charge in [-0.05, 0) is 61.4 Å². The third kappa shape index (κ3) is 4.30. The lowest BCUT2D eigenvalue weighted by atomic mass is 10.0. The second kappa shape index (κ2) is 8.29. The summed E-state index contributed by atoms with van der Waals surface area (Å²) in [6.07, 6.45) is 2.12. The van der Waals surface area contributed by atoms with Crippen LogP contribution in [0.3, 0.4) is 0 Å². The zero-order valence-corrected chi connectivity index (χ0v) is 17.4. The van der Waals surface area contributed by atoms with Crippen molar-refractivity contribution in [2.45, 2.75) is 31.9 Å². The maximum atomic E-state index is 12.7. The van der Waals surface area contributed by atoms with Crippen LogP contribution in [-0.2, 0) is 22.4 Å². The van der Waals surface area contributed by atoms with Crippen molar-refractivity contribution in [2.24, 2.45) is 0 Å². The van der Waals surface area contributed by atoms with E-state index >= 15 is 0 Å². The number of carbonyl (C=O) groups is 2. The first-order chi connectivity index (χ1) is 14.0. The summed E-state index contributed by atoms with van der Waals surface area (Å²) in [6, 6.07) is 18.1. The lowest BCUT2D eigenvalue weighted by molar-refractivity contribution is -0.115. The van der Waals surface area contributed by atoms with Crippen molar-refractivity contribution < 1.29 is 9.59 Å². The number of nitrogens with one attached hydrogen (secondary N) is 2. The molecule has 0 saturated carbocycles. The van der Waals surface area contributed by atoms with E-state index in [1.54, 1.807) is 0 Å². The van der Waals surface area contributed by atoms with Gasteiger partial charge < -0.3 is 10.6 Å². The zero-order chi connectivity index (χ0) is 20.4. The van der Waals surface area contributed by atoms with Crippen molar-refractivity contribution in [2.75, 3.05) is 16.4 Å².